The SMILES string of the molecule is COP(O)ONC(C)O. The molecule has 0 heterocycles. The van der Waals surface area contributed by atoms with Crippen molar-refractivity contribution in [2.24, 2.45) is 0 Å². The number of aliphatic hydroxyl groups is 1. The minimum Gasteiger partial charge on any atom is -0.377 e. The molecule has 0 saturated carbocycles. The number of hydrogen-bond acceptors (Lipinski definition) is 5. The molecule has 0 aliphatic heterocycles. The highest BCUT2D eigenvalue weighted by Gasteiger charge is 2.03. The highest BCUT2D eigenvalue weighted by atomic mass is 31.2. The van der Waals surface area contributed by atoms with Gasteiger partial charge in [0.15, 0.2) is 0 Å². The summed E-state index contributed by atoms with van der Waals surface area (Å²) in [6.07, 6.45) is -0.808. The van der Waals surface area contributed by atoms with Crippen LogP contribution in [0.2, 0.25) is 0 Å². The second-order valence-corrected chi connectivity index (χ2v) is 2.33. The fourth-order valence-electron chi connectivity index (χ4n) is 0.159. The van der Waals surface area contributed by atoms with Crippen LogP contribution in [0.5, 0.6) is 0 Å². The number of hydrogen-bond donors (Lipinski definition) is 3. The monoisotopic (exact) mass is 155 g/mol. The predicted octanol–water partition coefficient (Wildman–Crippen LogP) is -0.289. The average molecular weight is 155 g/mol. The molecule has 0 fully saturated rings. The lowest BCUT2D eigenvalue weighted by Gasteiger charge is -2.09. The minimum atomic E-state index is -1.88. The first-order valence-corrected chi connectivity index (χ1v) is 3.43. The van der Waals surface area contributed by atoms with Crippen LogP contribution in [0, 0.1) is 0 Å². The van der Waals surface area contributed by atoms with E-state index in [-0.39, 0.29) is 0 Å². The van der Waals surface area contributed by atoms with Crippen molar-refractivity contribution >= 4 is 8.60 Å². The zero-order valence-electron chi connectivity index (χ0n) is 5.24. The first-order chi connectivity index (χ1) is 4.16. The summed E-state index contributed by atoms with van der Waals surface area (Å²) in [6.45, 7) is 1.46. The molecule has 3 N–H and O–H groups in total. The molecule has 2 atom stereocenters. The Morgan fingerprint density at radius 2 is 2.22 bits per heavy atom. The molecule has 0 aromatic heterocycles. The molecule has 0 bridgehead atoms. The Morgan fingerprint density at radius 1 is 1.67 bits per heavy atom. The summed E-state index contributed by atoms with van der Waals surface area (Å²) in [4.78, 5) is 8.55. The van der Waals surface area contributed by atoms with Gasteiger partial charge in [0.1, 0.15) is 6.23 Å². The van der Waals surface area contributed by atoms with Gasteiger partial charge in [0.25, 0.3) is 0 Å². The van der Waals surface area contributed by atoms with Gasteiger partial charge in [0.05, 0.1) is 0 Å². The van der Waals surface area contributed by atoms with Gasteiger partial charge in [-0.3, -0.25) is 0 Å². The third-order valence-electron chi connectivity index (χ3n) is 0.458. The van der Waals surface area contributed by atoms with Crippen LogP contribution in [-0.2, 0) is 9.15 Å². The molecular formula is C3H10NO4P. The summed E-state index contributed by atoms with van der Waals surface area (Å²) in [5.41, 5.74) is 2.11. The Hall–Kier alpha value is 0.230. The smallest absolute Gasteiger partial charge is 0.347 e. The van der Waals surface area contributed by atoms with Gasteiger partial charge in [-0.2, -0.15) is 5.48 Å². The van der Waals surface area contributed by atoms with Crippen LogP contribution in [0.3, 0.4) is 0 Å². The molecule has 0 rings (SSSR count). The third kappa shape index (κ3) is 6.11. The minimum absolute atomic E-state index is 0.808. The van der Waals surface area contributed by atoms with Gasteiger partial charge in [-0.1, -0.05) is 0 Å². The van der Waals surface area contributed by atoms with Gasteiger partial charge in [-0.05, 0) is 6.92 Å². The lowest BCUT2D eigenvalue weighted by molar-refractivity contribution is 0.0218. The highest BCUT2D eigenvalue weighted by molar-refractivity contribution is 7.40. The quantitative estimate of drug-likeness (QED) is 0.295. The summed E-state index contributed by atoms with van der Waals surface area (Å²) in [5, 5.41) is 8.50. The Balaban J connectivity index is 3.06. The molecule has 0 aromatic rings. The van der Waals surface area contributed by atoms with E-state index < -0.39 is 14.8 Å². The van der Waals surface area contributed by atoms with E-state index in [0.717, 1.165) is 0 Å². The maximum absolute atomic E-state index is 8.55. The number of hydroxylamine groups is 1. The van der Waals surface area contributed by atoms with E-state index in [1.807, 2.05) is 0 Å². The third-order valence-corrected chi connectivity index (χ3v) is 1.03. The second-order valence-electron chi connectivity index (χ2n) is 1.31. The normalized spacial score (nSPS) is 17.3. The van der Waals surface area contributed by atoms with Crippen molar-refractivity contribution in [1.29, 1.82) is 0 Å². The average Bonchev–Trinajstić information content (AvgIpc) is 1.83. The van der Waals surface area contributed by atoms with E-state index >= 15 is 0 Å². The van der Waals surface area contributed by atoms with Gasteiger partial charge in [0.2, 0.25) is 0 Å². The van der Waals surface area contributed by atoms with E-state index in [9.17, 15) is 0 Å². The van der Waals surface area contributed by atoms with Crippen molar-refractivity contribution in [2.45, 2.75) is 13.2 Å². The molecule has 0 radical (unpaired) electrons. The Morgan fingerprint density at radius 3 is 2.56 bits per heavy atom. The van der Waals surface area contributed by atoms with Crippen LogP contribution in [0.15, 0.2) is 0 Å². The first kappa shape index (κ1) is 9.23. The van der Waals surface area contributed by atoms with Gasteiger partial charge in [-0.15, -0.1) is 0 Å². The van der Waals surface area contributed by atoms with E-state index in [1.165, 1.54) is 14.0 Å². The lowest BCUT2D eigenvalue weighted by Crippen LogP contribution is -2.23. The molecule has 9 heavy (non-hydrogen) atoms. The molecule has 5 nitrogen and oxygen atoms in total. The molecule has 0 spiro atoms. The van der Waals surface area contributed by atoms with Crippen molar-refractivity contribution in [3.05, 3.63) is 0 Å². The molecule has 0 aromatic carbocycles. The van der Waals surface area contributed by atoms with Crippen molar-refractivity contribution < 1.29 is 19.1 Å². The first-order valence-electron chi connectivity index (χ1n) is 2.30. The summed E-state index contributed by atoms with van der Waals surface area (Å²) < 4.78 is 8.68. The Labute approximate surface area is 54.5 Å². The Kier molecular flexibility index (Phi) is 5.18. The summed E-state index contributed by atoms with van der Waals surface area (Å²) in [7, 11) is -0.581. The van der Waals surface area contributed by atoms with Crippen LogP contribution in [0.1, 0.15) is 6.92 Å². The van der Waals surface area contributed by atoms with E-state index in [4.69, 9.17) is 10.00 Å². The maximum Gasteiger partial charge on any atom is 0.347 e. The number of nitrogens with one attached hydrogen (secondary N) is 1. The summed E-state index contributed by atoms with van der Waals surface area (Å²) in [6, 6.07) is 0. The second kappa shape index (κ2) is 5.05. The van der Waals surface area contributed by atoms with Crippen molar-refractivity contribution in [3.63, 3.8) is 0 Å². The zero-order chi connectivity index (χ0) is 7.28. The molecule has 6 heteroatoms. The standard InChI is InChI=1S/C3H10NO4P/c1-3(5)4-8-9(6)7-2/h3-6H,1-2H3. The molecule has 2 unspecified atom stereocenters. The topological polar surface area (TPSA) is 71.0 Å². The van der Waals surface area contributed by atoms with Crippen molar-refractivity contribution in [3.8, 4) is 0 Å². The van der Waals surface area contributed by atoms with Gasteiger partial charge >= 0.3 is 8.60 Å². The van der Waals surface area contributed by atoms with E-state index in [1.54, 1.807) is 0 Å². The van der Waals surface area contributed by atoms with Crippen LogP contribution in [0.25, 0.3) is 0 Å². The fourth-order valence-corrected chi connectivity index (χ4v) is 0.476. The fraction of sp³-hybridized carbons (Fsp3) is 1.00. The largest absolute Gasteiger partial charge is 0.377 e. The van der Waals surface area contributed by atoms with Crippen LogP contribution in [-0.4, -0.2) is 23.3 Å². The van der Waals surface area contributed by atoms with Crippen LogP contribution < -0.4 is 5.48 Å². The van der Waals surface area contributed by atoms with Crippen molar-refractivity contribution in [1.82, 2.24) is 5.48 Å². The summed E-state index contributed by atoms with van der Waals surface area (Å²) in [5.74, 6) is 0. The molecule has 56 valence electrons. The van der Waals surface area contributed by atoms with Gasteiger partial charge in [-0.25, -0.2) is 4.62 Å². The van der Waals surface area contributed by atoms with E-state index in [2.05, 4.69) is 14.6 Å². The van der Waals surface area contributed by atoms with Crippen LogP contribution >= 0.6 is 8.60 Å². The highest BCUT2D eigenvalue weighted by Crippen LogP contribution is 2.28. The van der Waals surface area contributed by atoms with Crippen molar-refractivity contribution in [2.75, 3.05) is 7.11 Å². The van der Waals surface area contributed by atoms with Gasteiger partial charge < -0.3 is 14.5 Å². The van der Waals surface area contributed by atoms with Crippen LogP contribution in [0.4, 0.5) is 0 Å². The molecular weight excluding hydrogens is 145 g/mol. The summed E-state index contributed by atoms with van der Waals surface area (Å²) >= 11 is 0. The molecule has 0 amide bonds. The molecule has 0 saturated heterocycles. The zero-order valence-corrected chi connectivity index (χ0v) is 6.13. The number of aliphatic hydroxyl groups excluding tert-OH is 1. The lowest BCUT2D eigenvalue weighted by atomic mass is 10.7. The Bertz CT molecular complexity index is 70.8. The molecule has 0 aliphatic carbocycles. The van der Waals surface area contributed by atoms with Gasteiger partial charge in [0, 0.05) is 7.11 Å². The number of rotatable bonds is 4. The molecule has 0 aliphatic rings. The van der Waals surface area contributed by atoms with E-state index in [0.29, 0.717) is 0 Å². The maximum atomic E-state index is 8.55. The predicted molar refractivity (Wildman–Crippen MR) is 32.0 cm³/mol.